The summed E-state index contributed by atoms with van der Waals surface area (Å²) in [6.07, 6.45) is 0.815. The summed E-state index contributed by atoms with van der Waals surface area (Å²) in [7, 11) is 3.72. The summed E-state index contributed by atoms with van der Waals surface area (Å²) in [6, 6.07) is 9.61. The first-order chi connectivity index (χ1) is 12.6. The molecule has 0 amide bonds. The third-order valence-electron chi connectivity index (χ3n) is 4.97. The van der Waals surface area contributed by atoms with E-state index >= 15 is 0 Å². The highest BCUT2D eigenvalue weighted by Crippen LogP contribution is 2.49. The lowest BCUT2D eigenvalue weighted by molar-refractivity contribution is 0.101. The quantitative estimate of drug-likeness (QED) is 0.851. The molecule has 0 aliphatic carbocycles. The van der Waals surface area contributed by atoms with Gasteiger partial charge in [0.05, 0.1) is 7.11 Å². The lowest BCUT2D eigenvalue weighted by atomic mass is 9.94. The van der Waals surface area contributed by atoms with Gasteiger partial charge in [-0.2, -0.15) is 0 Å². The van der Waals surface area contributed by atoms with Crippen LogP contribution in [-0.4, -0.2) is 38.2 Å². The molecule has 26 heavy (non-hydrogen) atoms. The van der Waals surface area contributed by atoms with Crippen molar-refractivity contribution < 1.29 is 19.0 Å². The van der Waals surface area contributed by atoms with Gasteiger partial charge in [-0.3, -0.25) is 9.69 Å². The van der Waals surface area contributed by atoms with E-state index in [2.05, 4.69) is 17.3 Å². The number of ketones is 1. The van der Waals surface area contributed by atoms with Crippen LogP contribution in [0.25, 0.3) is 0 Å². The molecule has 0 saturated heterocycles. The van der Waals surface area contributed by atoms with E-state index in [1.807, 2.05) is 30.3 Å². The van der Waals surface area contributed by atoms with Gasteiger partial charge in [-0.25, -0.2) is 0 Å². The fourth-order valence-electron chi connectivity index (χ4n) is 3.60. The molecule has 0 unspecified atom stereocenters. The van der Waals surface area contributed by atoms with Crippen molar-refractivity contribution in [3.8, 4) is 17.2 Å². The molecule has 136 valence electrons. The monoisotopic (exact) mass is 354 g/mol. The number of carbonyl (C=O) groups excluding carboxylic acids is 1. The van der Waals surface area contributed by atoms with E-state index < -0.39 is 0 Å². The van der Waals surface area contributed by atoms with Gasteiger partial charge in [-0.1, -0.05) is 12.1 Å². The molecule has 1 N–H and O–H groups in total. The smallest absolute Gasteiger partial charge is 0.231 e. The summed E-state index contributed by atoms with van der Waals surface area (Å²) in [5, 5.41) is 3.55. The largest absolute Gasteiger partial charge is 0.492 e. The van der Waals surface area contributed by atoms with Crippen molar-refractivity contribution in [2.45, 2.75) is 19.5 Å². The van der Waals surface area contributed by atoms with Crippen molar-refractivity contribution in [1.29, 1.82) is 0 Å². The summed E-state index contributed by atoms with van der Waals surface area (Å²) >= 11 is 0. The van der Waals surface area contributed by atoms with Crippen molar-refractivity contribution in [2.24, 2.45) is 0 Å². The number of rotatable bonds is 4. The number of nitrogens with one attached hydrogen (secondary N) is 1. The van der Waals surface area contributed by atoms with Gasteiger partial charge in [0, 0.05) is 23.4 Å². The molecular formula is C20H22N2O4. The average molecular weight is 354 g/mol. The second-order valence-electron chi connectivity index (χ2n) is 6.63. The molecule has 0 aromatic heterocycles. The normalized spacial score (nSPS) is 18.3. The van der Waals surface area contributed by atoms with Crippen LogP contribution in [0.3, 0.4) is 0 Å². The van der Waals surface area contributed by atoms with Gasteiger partial charge < -0.3 is 19.5 Å². The van der Waals surface area contributed by atoms with E-state index in [4.69, 9.17) is 14.2 Å². The van der Waals surface area contributed by atoms with Crippen LogP contribution >= 0.6 is 0 Å². The Balaban J connectivity index is 1.76. The molecule has 0 spiro atoms. The molecular weight excluding hydrogens is 332 g/mol. The predicted octanol–water partition coefficient (Wildman–Crippen LogP) is 3.23. The molecule has 6 nitrogen and oxygen atoms in total. The molecule has 0 radical (unpaired) electrons. The summed E-state index contributed by atoms with van der Waals surface area (Å²) in [4.78, 5) is 13.9. The summed E-state index contributed by atoms with van der Waals surface area (Å²) in [5.41, 5.74) is 3.82. The van der Waals surface area contributed by atoms with E-state index in [9.17, 15) is 4.79 Å². The van der Waals surface area contributed by atoms with Crippen LogP contribution in [0.4, 0.5) is 5.69 Å². The number of benzene rings is 2. The van der Waals surface area contributed by atoms with Crippen molar-refractivity contribution in [3.05, 3.63) is 47.0 Å². The zero-order valence-electron chi connectivity index (χ0n) is 15.2. The second-order valence-corrected chi connectivity index (χ2v) is 6.63. The molecule has 2 heterocycles. The summed E-state index contributed by atoms with van der Waals surface area (Å²) in [5.74, 6) is 2.15. The van der Waals surface area contributed by atoms with Crippen LogP contribution in [0.5, 0.6) is 17.2 Å². The van der Waals surface area contributed by atoms with Gasteiger partial charge in [0.2, 0.25) is 12.5 Å². The maximum absolute atomic E-state index is 11.7. The number of hydrogen-bond acceptors (Lipinski definition) is 6. The maximum atomic E-state index is 11.7. The van der Waals surface area contributed by atoms with E-state index in [0.717, 1.165) is 30.0 Å². The minimum atomic E-state index is -0.0922. The highest BCUT2D eigenvalue weighted by molar-refractivity contribution is 5.94. The fourth-order valence-corrected chi connectivity index (χ4v) is 3.60. The van der Waals surface area contributed by atoms with Gasteiger partial charge in [0.15, 0.2) is 17.3 Å². The Morgan fingerprint density at radius 2 is 2.15 bits per heavy atom. The third kappa shape index (κ3) is 2.76. The predicted molar refractivity (Wildman–Crippen MR) is 98.3 cm³/mol. The second kappa shape index (κ2) is 6.53. The van der Waals surface area contributed by atoms with Gasteiger partial charge in [-0.15, -0.1) is 0 Å². The van der Waals surface area contributed by atoms with Crippen molar-refractivity contribution in [1.82, 2.24) is 4.90 Å². The highest BCUT2D eigenvalue weighted by atomic mass is 16.7. The van der Waals surface area contributed by atoms with E-state index in [1.165, 1.54) is 5.56 Å². The first-order valence-electron chi connectivity index (χ1n) is 8.65. The zero-order valence-corrected chi connectivity index (χ0v) is 15.2. The minimum absolute atomic E-state index is 0.0481. The molecule has 0 saturated carbocycles. The lowest BCUT2D eigenvalue weighted by Gasteiger charge is -2.36. The Morgan fingerprint density at radius 1 is 1.31 bits per heavy atom. The molecule has 0 bridgehead atoms. The Bertz CT molecular complexity index is 865. The molecule has 2 aromatic carbocycles. The van der Waals surface area contributed by atoms with Crippen LogP contribution in [0, 0.1) is 0 Å². The van der Waals surface area contributed by atoms with Crippen LogP contribution in [0.2, 0.25) is 0 Å². The first-order valence-corrected chi connectivity index (χ1v) is 8.65. The SMILES string of the molecule is COc1c2c(cc3c1[C@H](Nc1cccc(C(C)=O)c1)N(C)CC3)OCO2. The highest BCUT2D eigenvalue weighted by Gasteiger charge is 2.34. The number of nitrogens with zero attached hydrogens (tertiary/aromatic N) is 1. The molecule has 4 rings (SSSR count). The number of hydrogen-bond donors (Lipinski definition) is 1. The van der Waals surface area contributed by atoms with E-state index in [1.54, 1.807) is 14.0 Å². The van der Waals surface area contributed by atoms with Gasteiger partial charge in [-0.05, 0) is 44.2 Å². The van der Waals surface area contributed by atoms with Crippen molar-refractivity contribution in [2.75, 3.05) is 32.8 Å². The lowest BCUT2D eigenvalue weighted by Crippen LogP contribution is -2.37. The Labute approximate surface area is 152 Å². The topological polar surface area (TPSA) is 60.0 Å². The molecule has 1 atom stereocenters. The molecule has 2 aliphatic rings. The summed E-state index contributed by atoms with van der Waals surface area (Å²) in [6.45, 7) is 2.69. The van der Waals surface area contributed by atoms with Crippen LogP contribution in [-0.2, 0) is 6.42 Å². The van der Waals surface area contributed by atoms with Crippen LogP contribution in [0.1, 0.15) is 34.6 Å². The van der Waals surface area contributed by atoms with E-state index in [0.29, 0.717) is 17.1 Å². The standard InChI is InChI=1S/C20H22N2O4/c1-12(23)13-5-4-6-15(9-13)21-20-17-14(7-8-22(20)2)10-16-18(19(17)24-3)26-11-25-16/h4-6,9-10,20-21H,7-8,11H2,1-3H3/t20-/m1/s1. The minimum Gasteiger partial charge on any atom is -0.492 e. The number of anilines is 1. The number of likely N-dealkylation sites (N-methyl/N-ethyl adjacent to an activating group) is 1. The van der Waals surface area contributed by atoms with Crippen LogP contribution in [0.15, 0.2) is 30.3 Å². The van der Waals surface area contributed by atoms with Gasteiger partial charge in [0.25, 0.3) is 0 Å². The Morgan fingerprint density at radius 3 is 2.92 bits per heavy atom. The molecule has 6 heteroatoms. The van der Waals surface area contributed by atoms with Crippen LogP contribution < -0.4 is 19.5 Å². The molecule has 0 fully saturated rings. The number of Topliss-reactive ketones (excluding diaryl/α,β-unsaturated/α-hetero) is 1. The average Bonchev–Trinajstić information content (AvgIpc) is 3.10. The number of carbonyl (C=O) groups is 1. The number of ether oxygens (including phenoxy) is 3. The van der Waals surface area contributed by atoms with E-state index in [-0.39, 0.29) is 18.7 Å². The van der Waals surface area contributed by atoms with Gasteiger partial charge in [0.1, 0.15) is 6.17 Å². The Kier molecular flexibility index (Phi) is 4.20. The van der Waals surface area contributed by atoms with Crippen molar-refractivity contribution in [3.63, 3.8) is 0 Å². The maximum Gasteiger partial charge on any atom is 0.231 e. The summed E-state index contributed by atoms with van der Waals surface area (Å²) < 4.78 is 16.9. The number of methoxy groups -OCH3 is 1. The Hall–Kier alpha value is -2.73. The molecule has 2 aromatic rings. The van der Waals surface area contributed by atoms with Gasteiger partial charge >= 0.3 is 0 Å². The fraction of sp³-hybridized carbons (Fsp3) is 0.350. The first kappa shape index (κ1) is 16.7. The third-order valence-corrected chi connectivity index (χ3v) is 4.97. The van der Waals surface area contributed by atoms with Crippen molar-refractivity contribution >= 4 is 11.5 Å². The zero-order chi connectivity index (χ0) is 18.3. The molecule has 2 aliphatic heterocycles. The number of fused-ring (bicyclic) bond motifs is 2.